The van der Waals surface area contributed by atoms with E-state index in [2.05, 4.69) is 5.32 Å². The van der Waals surface area contributed by atoms with E-state index in [1.165, 1.54) is 0 Å². The molecule has 0 fully saturated rings. The number of Topliss-reactive ketones (excluding diaryl/α,β-unsaturated/α-hetero) is 1. The van der Waals surface area contributed by atoms with E-state index in [-0.39, 0.29) is 18.4 Å². The molecule has 4 heteroatoms. The number of anilines is 1. The summed E-state index contributed by atoms with van der Waals surface area (Å²) in [5.41, 5.74) is 8.70. The van der Waals surface area contributed by atoms with Crippen LogP contribution in [0.1, 0.15) is 17.2 Å². The molecule has 21 heavy (non-hydrogen) atoms. The third kappa shape index (κ3) is 3.06. The number of ketones is 1. The van der Waals surface area contributed by atoms with E-state index in [0.717, 1.165) is 29.8 Å². The van der Waals surface area contributed by atoms with Gasteiger partial charge in [-0.3, -0.25) is 4.79 Å². The molecular formula is C17H18N2O2. The number of nitrogen functional groups attached to an aromatic ring is 1. The Balaban J connectivity index is 1.71. The zero-order chi connectivity index (χ0) is 14.7. The predicted molar refractivity (Wildman–Crippen MR) is 82.2 cm³/mol. The Labute approximate surface area is 123 Å². The number of carbonyl (C=O) groups excluding carboxylic acids is 1. The molecule has 1 atom stereocenters. The maximum Gasteiger partial charge on any atom is 0.191 e. The van der Waals surface area contributed by atoms with Crippen LogP contribution < -0.4 is 15.8 Å². The number of nitrogens with one attached hydrogen (secondary N) is 1. The Morgan fingerprint density at radius 1 is 1.24 bits per heavy atom. The fraction of sp³-hybridized carbons (Fsp3) is 0.235. The van der Waals surface area contributed by atoms with Crippen molar-refractivity contribution in [2.75, 3.05) is 18.9 Å². The van der Waals surface area contributed by atoms with Gasteiger partial charge in [0.25, 0.3) is 0 Å². The molecule has 4 nitrogen and oxygen atoms in total. The lowest BCUT2D eigenvalue weighted by Gasteiger charge is -2.26. The number of ether oxygens (including phenoxy) is 1. The second kappa shape index (κ2) is 5.97. The van der Waals surface area contributed by atoms with E-state index in [1.807, 2.05) is 48.5 Å². The zero-order valence-corrected chi connectivity index (χ0v) is 11.7. The first kappa shape index (κ1) is 13.6. The maximum atomic E-state index is 12.4. The van der Waals surface area contributed by atoms with Gasteiger partial charge in [-0.2, -0.15) is 0 Å². The van der Waals surface area contributed by atoms with Gasteiger partial charge in [0.05, 0.1) is 6.04 Å². The van der Waals surface area contributed by atoms with Crippen molar-refractivity contribution in [2.45, 2.75) is 12.5 Å². The van der Waals surface area contributed by atoms with Gasteiger partial charge in [-0.05, 0) is 41.8 Å². The normalized spacial score (nSPS) is 17.0. The lowest BCUT2D eigenvalue weighted by molar-refractivity contribution is -0.123. The molecule has 1 aliphatic rings. The fourth-order valence-corrected chi connectivity index (χ4v) is 2.63. The Morgan fingerprint density at radius 2 is 2.05 bits per heavy atom. The lowest BCUT2D eigenvalue weighted by Crippen LogP contribution is -2.37. The van der Waals surface area contributed by atoms with Gasteiger partial charge >= 0.3 is 0 Å². The monoisotopic (exact) mass is 282 g/mol. The Kier molecular flexibility index (Phi) is 3.88. The molecule has 1 aliphatic heterocycles. The van der Waals surface area contributed by atoms with E-state index in [0.29, 0.717) is 5.75 Å². The summed E-state index contributed by atoms with van der Waals surface area (Å²) in [4.78, 5) is 12.4. The van der Waals surface area contributed by atoms with E-state index < -0.39 is 0 Å². The molecule has 0 amide bonds. The summed E-state index contributed by atoms with van der Waals surface area (Å²) in [5.74, 6) is 0.740. The minimum absolute atomic E-state index is 0.0320. The molecule has 2 aromatic rings. The highest BCUT2D eigenvalue weighted by Gasteiger charge is 2.26. The molecule has 2 aromatic carbocycles. The summed E-state index contributed by atoms with van der Waals surface area (Å²) >= 11 is 0. The van der Waals surface area contributed by atoms with Gasteiger partial charge in [-0.1, -0.05) is 24.3 Å². The van der Waals surface area contributed by atoms with Gasteiger partial charge in [0.1, 0.15) is 12.4 Å². The second-order valence-corrected chi connectivity index (χ2v) is 5.16. The van der Waals surface area contributed by atoms with Gasteiger partial charge in [0, 0.05) is 12.2 Å². The molecule has 1 heterocycles. The van der Waals surface area contributed by atoms with Crippen molar-refractivity contribution in [1.29, 1.82) is 0 Å². The van der Waals surface area contributed by atoms with E-state index in [1.54, 1.807) is 0 Å². The number of hydrogen-bond donors (Lipinski definition) is 2. The van der Waals surface area contributed by atoms with Crippen LogP contribution in [0.15, 0.2) is 48.5 Å². The molecular weight excluding hydrogens is 264 g/mol. The molecule has 0 bridgehead atoms. The highest BCUT2D eigenvalue weighted by Crippen LogP contribution is 2.25. The summed E-state index contributed by atoms with van der Waals surface area (Å²) in [6.07, 6.45) is 0.893. The van der Waals surface area contributed by atoms with Crippen molar-refractivity contribution >= 4 is 11.5 Å². The van der Waals surface area contributed by atoms with Crippen molar-refractivity contribution in [3.8, 4) is 5.75 Å². The lowest BCUT2D eigenvalue weighted by atomic mass is 9.91. The molecule has 3 rings (SSSR count). The number of hydrogen-bond acceptors (Lipinski definition) is 4. The molecule has 0 saturated heterocycles. The highest BCUT2D eigenvalue weighted by molar-refractivity contribution is 5.87. The highest BCUT2D eigenvalue weighted by atomic mass is 16.5. The number of fused-ring (bicyclic) bond motifs is 1. The largest absolute Gasteiger partial charge is 0.486 e. The molecule has 0 spiro atoms. The van der Waals surface area contributed by atoms with Gasteiger partial charge in [0.2, 0.25) is 0 Å². The van der Waals surface area contributed by atoms with Crippen molar-refractivity contribution in [2.24, 2.45) is 0 Å². The Bertz CT molecular complexity index is 640. The van der Waals surface area contributed by atoms with E-state index >= 15 is 0 Å². The number of benzene rings is 2. The molecule has 3 N–H and O–H groups in total. The van der Waals surface area contributed by atoms with E-state index in [4.69, 9.17) is 10.5 Å². The third-order valence-corrected chi connectivity index (χ3v) is 3.67. The van der Waals surface area contributed by atoms with Crippen molar-refractivity contribution in [3.05, 3.63) is 59.7 Å². The molecule has 108 valence electrons. The van der Waals surface area contributed by atoms with Crippen LogP contribution >= 0.6 is 0 Å². The first-order valence-corrected chi connectivity index (χ1v) is 7.06. The van der Waals surface area contributed by atoms with Crippen molar-refractivity contribution < 1.29 is 9.53 Å². The summed E-state index contributed by atoms with van der Waals surface area (Å²) in [7, 11) is 0. The van der Waals surface area contributed by atoms with Crippen LogP contribution in [0.2, 0.25) is 0 Å². The van der Waals surface area contributed by atoms with Gasteiger partial charge in [-0.25, -0.2) is 0 Å². The maximum absolute atomic E-state index is 12.4. The van der Waals surface area contributed by atoms with Crippen LogP contribution in [-0.2, 0) is 11.2 Å². The molecule has 0 radical (unpaired) electrons. The molecule has 0 aromatic heterocycles. The molecule has 1 unspecified atom stereocenters. The Morgan fingerprint density at radius 3 is 2.86 bits per heavy atom. The summed E-state index contributed by atoms with van der Waals surface area (Å²) in [5, 5.41) is 3.26. The van der Waals surface area contributed by atoms with Crippen LogP contribution in [0.4, 0.5) is 5.69 Å². The average molecular weight is 282 g/mol. The van der Waals surface area contributed by atoms with Gasteiger partial charge < -0.3 is 15.8 Å². The minimum atomic E-state index is -0.307. The summed E-state index contributed by atoms with van der Waals surface area (Å²) < 4.78 is 5.55. The quantitative estimate of drug-likeness (QED) is 0.843. The summed E-state index contributed by atoms with van der Waals surface area (Å²) in [6, 6.07) is 14.8. The first-order chi connectivity index (χ1) is 10.2. The third-order valence-electron chi connectivity index (χ3n) is 3.67. The number of carbonyl (C=O) groups is 1. The minimum Gasteiger partial charge on any atom is -0.486 e. The predicted octanol–water partition coefficient (Wildman–Crippen LogP) is 2.10. The summed E-state index contributed by atoms with van der Waals surface area (Å²) in [6.45, 7) is 0.837. The number of nitrogens with two attached hydrogens (primary N) is 1. The van der Waals surface area contributed by atoms with Gasteiger partial charge in [-0.15, -0.1) is 0 Å². The van der Waals surface area contributed by atoms with Crippen LogP contribution in [0.25, 0.3) is 0 Å². The van der Waals surface area contributed by atoms with Crippen LogP contribution in [-0.4, -0.2) is 18.9 Å². The van der Waals surface area contributed by atoms with Crippen LogP contribution in [0.3, 0.4) is 0 Å². The molecule has 0 saturated carbocycles. The first-order valence-electron chi connectivity index (χ1n) is 7.06. The van der Waals surface area contributed by atoms with Crippen LogP contribution in [0.5, 0.6) is 5.75 Å². The standard InChI is InChI=1S/C17H18N2O2/c18-13-6-7-15-12(10-13)8-9-19-17(15)16(20)11-21-14-4-2-1-3-5-14/h1-7,10,17,19H,8-9,11,18H2. The van der Waals surface area contributed by atoms with Gasteiger partial charge in [0.15, 0.2) is 5.78 Å². The zero-order valence-electron chi connectivity index (χ0n) is 11.7. The van der Waals surface area contributed by atoms with E-state index in [9.17, 15) is 4.79 Å². The second-order valence-electron chi connectivity index (χ2n) is 5.16. The van der Waals surface area contributed by atoms with Crippen molar-refractivity contribution in [1.82, 2.24) is 5.32 Å². The fourth-order valence-electron chi connectivity index (χ4n) is 2.63. The average Bonchev–Trinajstić information content (AvgIpc) is 2.52. The van der Waals surface area contributed by atoms with Crippen molar-refractivity contribution in [3.63, 3.8) is 0 Å². The number of para-hydroxylation sites is 1. The van der Waals surface area contributed by atoms with Crippen LogP contribution in [0, 0.1) is 0 Å². The topological polar surface area (TPSA) is 64.3 Å². The molecule has 0 aliphatic carbocycles. The Hall–Kier alpha value is -2.33. The smallest absolute Gasteiger partial charge is 0.191 e. The number of rotatable bonds is 4. The SMILES string of the molecule is Nc1ccc2c(c1)CCNC2C(=O)COc1ccccc1.